The second-order valence-corrected chi connectivity index (χ2v) is 4.04. The van der Waals surface area contributed by atoms with E-state index in [1.807, 2.05) is 17.8 Å². The molecule has 1 aromatic heterocycles. The van der Waals surface area contributed by atoms with Crippen LogP contribution in [0.2, 0.25) is 0 Å². The highest BCUT2D eigenvalue weighted by molar-refractivity contribution is 5.92. The first kappa shape index (κ1) is 14.0. The lowest BCUT2D eigenvalue weighted by Gasteiger charge is -2.22. The summed E-state index contributed by atoms with van der Waals surface area (Å²) in [6.07, 6.45) is 4.19. The molecule has 6 heteroatoms. The quantitative estimate of drug-likeness (QED) is 0.850. The molecule has 0 saturated carbocycles. The van der Waals surface area contributed by atoms with Crippen LogP contribution in [0.3, 0.4) is 0 Å². The molecule has 0 bridgehead atoms. The molecular weight excluding hydrogens is 240 g/mol. The van der Waals surface area contributed by atoms with Crippen molar-refractivity contribution in [2.45, 2.75) is 25.8 Å². The molecule has 1 aliphatic heterocycles. The van der Waals surface area contributed by atoms with E-state index in [0.717, 1.165) is 19.5 Å². The molecule has 1 unspecified atom stereocenters. The smallest absolute Gasteiger partial charge is 0.271 e. The number of carbonyl (C=O) groups is 1. The van der Waals surface area contributed by atoms with Crippen molar-refractivity contribution >= 4 is 18.3 Å². The fourth-order valence-electron chi connectivity index (χ4n) is 1.97. The van der Waals surface area contributed by atoms with Crippen molar-refractivity contribution in [3.63, 3.8) is 0 Å². The zero-order valence-corrected chi connectivity index (χ0v) is 10.8. The van der Waals surface area contributed by atoms with Gasteiger partial charge in [0.1, 0.15) is 5.69 Å². The van der Waals surface area contributed by atoms with E-state index in [1.54, 1.807) is 6.07 Å². The third-order valence-corrected chi connectivity index (χ3v) is 2.82. The van der Waals surface area contributed by atoms with Crippen molar-refractivity contribution in [2.75, 3.05) is 19.6 Å². The number of hydrogen-bond donors (Lipinski definition) is 2. The first-order chi connectivity index (χ1) is 7.81. The third-order valence-electron chi connectivity index (χ3n) is 2.82. The van der Waals surface area contributed by atoms with E-state index >= 15 is 0 Å². The number of nitrogens with one attached hydrogen (secondary N) is 2. The van der Waals surface area contributed by atoms with Crippen LogP contribution in [0.1, 0.15) is 36.3 Å². The van der Waals surface area contributed by atoms with Crippen LogP contribution in [-0.4, -0.2) is 35.3 Å². The topological polar surface area (TPSA) is 59.0 Å². The van der Waals surface area contributed by atoms with Crippen molar-refractivity contribution in [3.05, 3.63) is 18.0 Å². The molecule has 1 saturated heterocycles. The normalized spacial score (nSPS) is 19.5. The van der Waals surface area contributed by atoms with Gasteiger partial charge >= 0.3 is 0 Å². The van der Waals surface area contributed by atoms with E-state index in [0.29, 0.717) is 18.3 Å². The van der Waals surface area contributed by atoms with Gasteiger partial charge in [-0.3, -0.25) is 9.48 Å². The Bertz CT molecular complexity index is 360. The molecule has 1 amide bonds. The van der Waals surface area contributed by atoms with Gasteiger partial charge in [-0.25, -0.2) is 0 Å². The van der Waals surface area contributed by atoms with Gasteiger partial charge in [-0.2, -0.15) is 5.10 Å². The first-order valence-corrected chi connectivity index (χ1v) is 5.85. The standard InChI is InChI=1S/C11H18N4O.ClH/c1-2-13-11(16)10-5-7-15(14-10)9-4-3-6-12-8-9;/h5,7,9,12H,2-4,6,8H2,1H3,(H,13,16);1H. The second-order valence-electron chi connectivity index (χ2n) is 4.04. The molecule has 0 spiro atoms. The fraction of sp³-hybridized carbons (Fsp3) is 0.636. The second kappa shape index (κ2) is 6.61. The molecule has 0 aromatic carbocycles. The molecule has 5 nitrogen and oxygen atoms in total. The van der Waals surface area contributed by atoms with E-state index in [9.17, 15) is 4.79 Å². The minimum Gasteiger partial charge on any atom is -0.351 e. The van der Waals surface area contributed by atoms with E-state index in [4.69, 9.17) is 0 Å². The molecule has 17 heavy (non-hydrogen) atoms. The number of hydrogen-bond acceptors (Lipinski definition) is 3. The largest absolute Gasteiger partial charge is 0.351 e. The molecule has 96 valence electrons. The zero-order valence-electron chi connectivity index (χ0n) is 9.98. The summed E-state index contributed by atoms with van der Waals surface area (Å²) in [5.41, 5.74) is 0.507. The Morgan fingerprint density at radius 3 is 3.18 bits per heavy atom. The average Bonchev–Trinajstić information content (AvgIpc) is 2.80. The summed E-state index contributed by atoms with van der Waals surface area (Å²) in [6.45, 7) is 4.56. The lowest BCUT2D eigenvalue weighted by Crippen LogP contribution is -2.32. The Morgan fingerprint density at radius 2 is 2.53 bits per heavy atom. The van der Waals surface area contributed by atoms with Crippen molar-refractivity contribution in [3.8, 4) is 0 Å². The SMILES string of the molecule is CCNC(=O)c1ccn(C2CCCNC2)n1.Cl. The van der Waals surface area contributed by atoms with Crippen LogP contribution in [0.5, 0.6) is 0 Å². The summed E-state index contributed by atoms with van der Waals surface area (Å²) < 4.78 is 1.90. The minimum absolute atomic E-state index is 0. The van der Waals surface area contributed by atoms with Gasteiger partial charge in [0.2, 0.25) is 0 Å². The Balaban J connectivity index is 0.00000144. The summed E-state index contributed by atoms with van der Waals surface area (Å²) in [5.74, 6) is -0.0926. The lowest BCUT2D eigenvalue weighted by molar-refractivity contribution is 0.0949. The van der Waals surface area contributed by atoms with Gasteiger partial charge in [-0.05, 0) is 32.4 Å². The van der Waals surface area contributed by atoms with Crippen LogP contribution in [0.15, 0.2) is 12.3 Å². The van der Waals surface area contributed by atoms with Crippen LogP contribution in [0, 0.1) is 0 Å². The van der Waals surface area contributed by atoms with Gasteiger partial charge in [0, 0.05) is 19.3 Å². The molecule has 2 heterocycles. The molecular formula is C11H19ClN4O. The number of rotatable bonds is 3. The highest BCUT2D eigenvalue weighted by Gasteiger charge is 2.17. The van der Waals surface area contributed by atoms with E-state index in [-0.39, 0.29) is 18.3 Å². The fourth-order valence-corrected chi connectivity index (χ4v) is 1.97. The molecule has 0 radical (unpaired) electrons. The van der Waals surface area contributed by atoms with Crippen LogP contribution in [0.25, 0.3) is 0 Å². The van der Waals surface area contributed by atoms with Crippen LogP contribution in [0.4, 0.5) is 0 Å². The minimum atomic E-state index is -0.0926. The average molecular weight is 259 g/mol. The Labute approximate surface area is 107 Å². The van der Waals surface area contributed by atoms with E-state index in [1.165, 1.54) is 6.42 Å². The van der Waals surface area contributed by atoms with Gasteiger partial charge < -0.3 is 10.6 Å². The van der Waals surface area contributed by atoms with Crippen molar-refractivity contribution in [2.24, 2.45) is 0 Å². The molecule has 2 N–H and O–H groups in total. The van der Waals surface area contributed by atoms with Gasteiger partial charge in [0.25, 0.3) is 5.91 Å². The maximum atomic E-state index is 11.5. The van der Waals surface area contributed by atoms with Crippen molar-refractivity contribution < 1.29 is 4.79 Å². The van der Waals surface area contributed by atoms with Crippen molar-refractivity contribution in [1.82, 2.24) is 20.4 Å². The Hall–Kier alpha value is -1.07. The van der Waals surface area contributed by atoms with Crippen LogP contribution in [-0.2, 0) is 0 Å². The Kier molecular flexibility index (Phi) is 5.44. The van der Waals surface area contributed by atoms with Crippen molar-refractivity contribution in [1.29, 1.82) is 0 Å². The van der Waals surface area contributed by atoms with Crippen LogP contribution >= 0.6 is 12.4 Å². The number of aromatic nitrogens is 2. The monoisotopic (exact) mass is 258 g/mol. The summed E-state index contributed by atoms with van der Waals surface area (Å²) in [4.78, 5) is 11.5. The molecule has 1 aliphatic rings. The zero-order chi connectivity index (χ0) is 11.4. The molecule has 1 atom stereocenters. The first-order valence-electron chi connectivity index (χ1n) is 5.85. The molecule has 1 fully saturated rings. The molecule has 2 rings (SSSR count). The highest BCUT2D eigenvalue weighted by atomic mass is 35.5. The van der Waals surface area contributed by atoms with Gasteiger partial charge in [0.15, 0.2) is 0 Å². The summed E-state index contributed by atoms with van der Waals surface area (Å²) in [5, 5.41) is 10.4. The number of piperidine rings is 1. The maximum Gasteiger partial charge on any atom is 0.271 e. The van der Waals surface area contributed by atoms with Gasteiger partial charge in [-0.15, -0.1) is 12.4 Å². The van der Waals surface area contributed by atoms with Crippen LogP contribution < -0.4 is 10.6 Å². The summed E-state index contributed by atoms with van der Waals surface area (Å²) in [6, 6.07) is 2.16. The number of amides is 1. The van der Waals surface area contributed by atoms with E-state index < -0.39 is 0 Å². The van der Waals surface area contributed by atoms with Gasteiger partial charge in [-0.1, -0.05) is 0 Å². The molecule has 0 aliphatic carbocycles. The van der Waals surface area contributed by atoms with Gasteiger partial charge in [0.05, 0.1) is 6.04 Å². The maximum absolute atomic E-state index is 11.5. The predicted molar refractivity (Wildman–Crippen MR) is 68.6 cm³/mol. The summed E-state index contributed by atoms with van der Waals surface area (Å²) in [7, 11) is 0. The summed E-state index contributed by atoms with van der Waals surface area (Å²) >= 11 is 0. The lowest BCUT2D eigenvalue weighted by atomic mass is 10.1. The third kappa shape index (κ3) is 3.44. The highest BCUT2D eigenvalue weighted by Crippen LogP contribution is 2.15. The Morgan fingerprint density at radius 1 is 1.71 bits per heavy atom. The number of carbonyl (C=O) groups excluding carboxylic acids is 1. The van der Waals surface area contributed by atoms with E-state index in [2.05, 4.69) is 15.7 Å². The number of nitrogens with zero attached hydrogens (tertiary/aromatic N) is 2. The number of halogens is 1. The predicted octanol–water partition coefficient (Wildman–Crippen LogP) is 0.979. The molecule has 1 aromatic rings.